The fraction of sp³-hybridized carbons (Fsp3) is 0.208. The number of nitrogens with one attached hydrogen (secondary N) is 2. The molecule has 0 saturated carbocycles. The lowest BCUT2D eigenvalue weighted by atomic mass is 10.0. The summed E-state index contributed by atoms with van der Waals surface area (Å²) in [6.07, 6.45) is 11.4. The summed E-state index contributed by atoms with van der Waals surface area (Å²) < 4.78 is 109. The zero-order valence-electron chi connectivity index (χ0n) is 81.9. The van der Waals surface area contributed by atoms with Gasteiger partial charge in [0.1, 0.15) is 86.2 Å². The molecule has 18 rings (SSSR count). The highest BCUT2D eigenvalue weighted by atomic mass is 19.1. The van der Waals surface area contributed by atoms with E-state index >= 15 is 0 Å². The molecule has 4 amide bonds. The first kappa shape index (κ1) is 107. The molecule has 0 fully saturated rings. The predicted molar refractivity (Wildman–Crippen MR) is 535 cm³/mol. The molecule has 8 aromatic heterocycles. The smallest absolute Gasteiger partial charge is 0.373 e. The van der Waals surface area contributed by atoms with Gasteiger partial charge in [-0.1, -0.05) is 109 Å². The standard InChI is InChI=1S/C30H26FN3O6.C28H21FN2O7.C23H20FN3O6.C22H19FN4O5.C2H7N.CH5N/c1-4-38-30(37)23-27(39-17-19-8-6-5-7-9-19)24-25-26(20(15-32-24)14-18-10-12-21(31)13-11-18)40-22(28(35)33(2)3)16-34(25)29(23)36;1-2-36-28(35)21-25(37-15-17-6-4-3-5-7-17)22-23-24(38-20(27(33)34)14-31(23)26(21)32)18(13-30-22)12-16-8-10-19(29)11-9-16;1-4-32-23(31)16-19(28)17-18-20(13(10-25-17)9-12-5-7-14(24)8-6-12)33-15(21(29)26(2)3)11-27(18)22(16)30;1-24-20(29)15-18(28)16-17-19(12(9-25-16)8-11-4-6-13(23)7-5-11)32-14(21(30)26(2)3)10-27(17)22(15)31;1-3-2;1-2/h5-13,15-16H,4,14,17H2,1-3H3;3-11,13-14H,2,12,15H2,1H3,(H,33,34);5-8,10-11,28H,4,9H2,1-3H3;4-7,9-10,28H,8H2,1-3H3,(H,24,29);3H,1-2H3;2H2,1H3. The van der Waals surface area contributed by atoms with E-state index in [1.165, 1.54) is 147 Å². The Balaban J connectivity index is 0.000000163. The second-order valence-corrected chi connectivity index (χ2v) is 33.1. The molecule has 0 atom stereocenters. The highest BCUT2D eigenvalue weighted by Crippen LogP contribution is 2.45. The van der Waals surface area contributed by atoms with Gasteiger partial charge in [-0.05, 0) is 124 Å². The summed E-state index contributed by atoms with van der Waals surface area (Å²) in [4.78, 5) is 176. The van der Waals surface area contributed by atoms with Gasteiger partial charge >= 0.3 is 23.9 Å². The maximum atomic E-state index is 13.9. The molecule has 12 heterocycles. The lowest BCUT2D eigenvalue weighted by molar-refractivity contribution is -0.135. The van der Waals surface area contributed by atoms with Crippen LogP contribution in [0.15, 0.2) is 225 Å². The number of pyridine rings is 8. The number of halogens is 4. The van der Waals surface area contributed by atoms with E-state index in [4.69, 9.17) is 42.6 Å². The molecule has 14 aromatic rings. The molecule has 0 spiro atoms. The molecule has 4 aliphatic rings. The highest BCUT2D eigenvalue weighted by molar-refractivity contribution is 6.08. The van der Waals surface area contributed by atoms with Gasteiger partial charge in [-0.25, -0.2) is 36.7 Å². The largest absolute Gasteiger partial charge is 0.505 e. The summed E-state index contributed by atoms with van der Waals surface area (Å²) in [7, 11) is 15.8. The molecule has 42 heteroatoms. The Labute approximate surface area is 839 Å². The van der Waals surface area contributed by atoms with E-state index < -0.39 is 110 Å². The summed E-state index contributed by atoms with van der Waals surface area (Å²) in [6.45, 7) is 4.91. The van der Waals surface area contributed by atoms with E-state index in [0.29, 0.717) is 27.8 Å². The number of carbonyl (C=O) groups excluding carboxylic acids is 7. The van der Waals surface area contributed by atoms with Crippen LogP contribution < -0.4 is 67.0 Å². The van der Waals surface area contributed by atoms with Gasteiger partial charge in [-0.15, -0.1) is 0 Å². The topological polar surface area (TPSA) is 480 Å². The Morgan fingerprint density at radius 1 is 0.365 bits per heavy atom. The zero-order valence-corrected chi connectivity index (χ0v) is 81.9. The Morgan fingerprint density at radius 3 is 0.892 bits per heavy atom. The van der Waals surface area contributed by atoms with Crippen molar-refractivity contribution in [2.45, 2.75) is 59.7 Å². The first-order valence-corrected chi connectivity index (χ1v) is 45.5. The molecular formula is C106H98F4N14O24. The second-order valence-electron chi connectivity index (χ2n) is 33.1. The van der Waals surface area contributed by atoms with Crippen molar-refractivity contribution in [2.24, 2.45) is 5.73 Å². The molecule has 6 aromatic carbocycles. The minimum absolute atomic E-state index is 0.00302. The third-order valence-corrected chi connectivity index (χ3v) is 22.3. The van der Waals surface area contributed by atoms with Gasteiger partial charge in [0.2, 0.25) is 23.0 Å². The van der Waals surface area contributed by atoms with Crippen LogP contribution in [0.4, 0.5) is 17.6 Å². The number of likely N-dealkylation sites (N-methyl/N-ethyl adjacent to an activating group) is 3. The molecule has 0 bridgehead atoms. The van der Waals surface area contributed by atoms with Gasteiger partial charge in [-0.3, -0.25) is 76.6 Å². The Kier molecular flexibility index (Phi) is 34.0. The molecule has 148 heavy (non-hydrogen) atoms. The van der Waals surface area contributed by atoms with Gasteiger partial charge in [-0.2, -0.15) is 0 Å². The number of nitrogens with two attached hydrogens (primary N) is 1. The Hall–Kier alpha value is -18.5. The first-order valence-electron chi connectivity index (χ1n) is 45.5. The summed E-state index contributed by atoms with van der Waals surface area (Å²) in [6, 6.07) is 41.7. The number of carboxylic acid groups (broad SMARTS) is 1. The van der Waals surface area contributed by atoms with E-state index in [1.807, 2.05) is 74.8 Å². The summed E-state index contributed by atoms with van der Waals surface area (Å²) in [5.74, 6) is -9.89. The van der Waals surface area contributed by atoms with E-state index in [9.17, 15) is 90.4 Å². The van der Waals surface area contributed by atoms with E-state index in [2.05, 4.69) is 36.3 Å². The van der Waals surface area contributed by atoms with Crippen LogP contribution in [0.3, 0.4) is 0 Å². The van der Waals surface area contributed by atoms with Crippen molar-refractivity contribution >= 4 is 116 Å². The number of aromatic nitrogens is 8. The number of aromatic hydroxyl groups is 2. The fourth-order valence-corrected chi connectivity index (χ4v) is 15.5. The number of nitrogens with zero attached hydrogens (tertiary/aromatic N) is 11. The number of esters is 3. The molecule has 0 aliphatic carbocycles. The number of ether oxygens (including phenoxy) is 9. The first-order chi connectivity index (χ1) is 71.0. The van der Waals surface area contributed by atoms with Crippen LogP contribution in [-0.2, 0) is 72.3 Å². The Morgan fingerprint density at radius 2 is 0.615 bits per heavy atom. The minimum atomic E-state index is -1.41. The average Bonchev–Trinajstić information content (AvgIpc) is 0.753. The van der Waals surface area contributed by atoms with Crippen LogP contribution >= 0.6 is 0 Å². The third-order valence-electron chi connectivity index (χ3n) is 22.3. The molecule has 7 N–H and O–H groups in total. The predicted octanol–water partition coefficient (Wildman–Crippen LogP) is 11.5. The summed E-state index contributed by atoms with van der Waals surface area (Å²) >= 11 is 0. The average molecular weight is 2030 g/mol. The highest BCUT2D eigenvalue weighted by Gasteiger charge is 2.39. The number of rotatable bonds is 25. The van der Waals surface area contributed by atoms with Gasteiger partial charge in [0, 0.05) is 122 Å². The number of hydrogen-bond donors (Lipinski definition) is 6. The minimum Gasteiger partial charge on any atom is -0.505 e. The van der Waals surface area contributed by atoms with Gasteiger partial charge < -0.3 is 89.0 Å². The van der Waals surface area contributed by atoms with Crippen molar-refractivity contribution in [1.29, 1.82) is 0 Å². The molecule has 38 nitrogen and oxygen atoms in total. The van der Waals surface area contributed by atoms with E-state index in [1.54, 1.807) is 83.4 Å². The summed E-state index contributed by atoms with van der Waals surface area (Å²) in [5, 5.41) is 36.1. The van der Waals surface area contributed by atoms with Crippen LogP contribution in [0.5, 0.6) is 46.0 Å². The van der Waals surface area contributed by atoms with Crippen LogP contribution in [0.25, 0.3) is 68.9 Å². The van der Waals surface area contributed by atoms with Crippen LogP contribution in [0.1, 0.15) is 118 Å². The molecule has 764 valence electrons. The maximum absolute atomic E-state index is 13.9. The van der Waals surface area contributed by atoms with Gasteiger partial charge in [0.25, 0.3) is 45.9 Å². The molecule has 0 radical (unpaired) electrons. The third kappa shape index (κ3) is 22.9. The monoisotopic (exact) mass is 2030 g/mol. The van der Waals surface area contributed by atoms with Crippen molar-refractivity contribution in [3.8, 4) is 46.0 Å². The number of hydrogen-bond acceptors (Lipinski definition) is 29. The summed E-state index contributed by atoms with van der Waals surface area (Å²) in [5.41, 5.74) is 6.63. The Bertz CT molecular complexity index is 7950. The van der Waals surface area contributed by atoms with Crippen molar-refractivity contribution in [1.82, 2.24) is 63.5 Å². The maximum Gasteiger partial charge on any atom is 0.373 e. The number of carbonyl (C=O) groups is 8. The second kappa shape index (κ2) is 47.2. The number of aliphatic carboxylic acids is 1. The number of carboxylic acids is 1. The van der Waals surface area contributed by atoms with Crippen LogP contribution in [-0.4, -0.2) is 206 Å². The van der Waals surface area contributed by atoms with E-state index in [0.717, 1.165) is 53.9 Å². The van der Waals surface area contributed by atoms with Crippen molar-refractivity contribution in [3.63, 3.8) is 0 Å². The molecular weight excluding hydrogens is 1930 g/mol. The molecule has 4 aliphatic heterocycles. The van der Waals surface area contributed by atoms with Crippen LogP contribution in [0.2, 0.25) is 0 Å². The van der Waals surface area contributed by atoms with Crippen molar-refractivity contribution in [3.05, 3.63) is 348 Å². The SMILES string of the molecule is CCOC(=O)c1c(O)c2ncc(Cc3ccc(F)cc3)c3c2n(c1=O)C=C(C(=O)N(C)C)O3.CCOC(=O)c1c(OCc2ccccc2)c2ncc(Cc3ccc(F)cc3)c3c2n(c1=O)C=C(C(=O)N(C)C)O3.CCOC(=O)c1c(OCc2ccccc2)c2ncc(Cc3ccc(F)cc3)c3c2n(c1=O)C=C(C(=O)O)O3.CN.CNC.CNC(=O)c1c(O)c2ncc(Cc3ccc(F)cc3)c3c2n(c1=O)C=C(C(=O)N(C)C)O3. The van der Waals surface area contributed by atoms with Crippen molar-refractivity contribution < 1.29 is 114 Å². The van der Waals surface area contributed by atoms with Crippen LogP contribution in [0, 0.1) is 23.3 Å². The molecule has 0 unspecified atom stereocenters. The van der Waals surface area contributed by atoms with Gasteiger partial charge in [0.15, 0.2) is 62.7 Å². The van der Waals surface area contributed by atoms with Crippen molar-refractivity contribution in [2.75, 3.05) is 90.3 Å². The lowest BCUT2D eigenvalue weighted by Gasteiger charge is -2.24. The lowest BCUT2D eigenvalue weighted by Crippen LogP contribution is -2.34. The fourth-order valence-electron chi connectivity index (χ4n) is 15.5. The van der Waals surface area contributed by atoms with E-state index in [-0.39, 0.29) is 178 Å². The number of benzene rings is 6. The number of amides is 4. The molecule has 0 saturated heterocycles. The normalized spacial score (nSPS) is 11.8. The van der Waals surface area contributed by atoms with Gasteiger partial charge in [0.05, 0.1) is 44.6 Å². The quantitative estimate of drug-likeness (QED) is 0.0176. The zero-order chi connectivity index (χ0) is 107.